The molecule has 0 saturated carbocycles. The summed E-state index contributed by atoms with van der Waals surface area (Å²) in [4.78, 5) is 0. The maximum Gasteiger partial charge on any atom is 0.134 e. The zero-order valence-corrected chi connectivity index (χ0v) is 10.6. The number of fused-ring (bicyclic) bond motifs is 1. The molecule has 0 amide bonds. The van der Waals surface area contributed by atoms with Gasteiger partial charge in [0.2, 0.25) is 0 Å². The fraction of sp³-hybridized carbons (Fsp3) is 0.467. The van der Waals surface area contributed by atoms with Crippen molar-refractivity contribution in [1.82, 2.24) is 0 Å². The van der Waals surface area contributed by atoms with Gasteiger partial charge in [0.1, 0.15) is 11.3 Å². The fourth-order valence-corrected chi connectivity index (χ4v) is 2.26. The molecule has 0 saturated heterocycles. The van der Waals surface area contributed by atoms with Gasteiger partial charge in [-0.25, -0.2) is 0 Å². The maximum absolute atomic E-state index is 5.88. The van der Waals surface area contributed by atoms with Gasteiger partial charge in [0, 0.05) is 11.3 Å². The average Bonchev–Trinajstić information content (AvgIpc) is 2.58. The number of hydrogen-bond donors (Lipinski definition) is 0. The summed E-state index contributed by atoms with van der Waals surface area (Å²) >= 11 is 0. The van der Waals surface area contributed by atoms with Crippen molar-refractivity contribution >= 4 is 11.0 Å². The molecule has 1 atom stereocenters. The molecule has 0 aliphatic heterocycles. The molecular weight excluding hydrogens is 196 g/mol. The Morgan fingerprint density at radius 1 is 1.19 bits per heavy atom. The van der Waals surface area contributed by atoms with Crippen molar-refractivity contribution in [2.45, 2.75) is 40.0 Å². The number of furan rings is 1. The lowest BCUT2D eigenvalue weighted by Gasteiger charge is -2.21. The molecular formula is C15H20O. The molecule has 1 heterocycles. The molecule has 2 rings (SSSR count). The van der Waals surface area contributed by atoms with E-state index in [2.05, 4.69) is 45.9 Å². The monoisotopic (exact) mass is 216 g/mol. The minimum absolute atomic E-state index is 0.346. The summed E-state index contributed by atoms with van der Waals surface area (Å²) in [7, 11) is 0. The van der Waals surface area contributed by atoms with E-state index in [1.165, 1.54) is 5.39 Å². The lowest BCUT2D eigenvalue weighted by molar-refractivity contribution is 0.327. The summed E-state index contributed by atoms with van der Waals surface area (Å²) in [6.45, 7) is 9.05. The summed E-state index contributed by atoms with van der Waals surface area (Å²) in [5.41, 5.74) is 1.34. The van der Waals surface area contributed by atoms with Crippen LogP contribution >= 0.6 is 0 Å². The highest BCUT2D eigenvalue weighted by molar-refractivity contribution is 5.77. The summed E-state index contributed by atoms with van der Waals surface area (Å²) in [5, 5.41) is 1.21. The van der Waals surface area contributed by atoms with Crippen molar-refractivity contribution < 1.29 is 4.42 Å². The molecule has 1 aromatic heterocycles. The minimum Gasteiger partial charge on any atom is -0.461 e. The highest BCUT2D eigenvalue weighted by atomic mass is 16.3. The van der Waals surface area contributed by atoms with Crippen LogP contribution < -0.4 is 0 Å². The van der Waals surface area contributed by atoms with Crippen LogP contribution in [0.1, 0.15) is 45.8 Å². The Balaban J connectivity index is 2.26. The zero-order valence-electron chi connectivity index (χ0n) is 10.6. The zero-order chi connectivity index (χ0) is 11.8. The molecule has 0 aliphatic rings. The van der Waals surface area contributed by atoms with Gasteiger partial charge in [-0.15, -0.1) is 0 Å². The molecule has 1 nitrogen and oxygen atoms in total. The highest BCUT2D eigenvalue weighted by Crippen LogP contribution is 2.33. The Morgan fingerprint density at radius 2 is 1.88 bits per heavy atom. The highest BCUT2D eigenvalue weighted by Gasteiger charge is 2.19. The van der Waals surface area contributed by atoms with Crippen molar-refractivity contribution in [3.05, 3.63) is 36.1 Å². The van der Waals surface area contributed by atoms with Crippen molar-refractivity contribution in [1.29, 1.82) is 0 Å². The standard InChI is InChI=1S/C15H20O/c1-11(10-15(2,3)4)14-9-12-7-5-6-8-13(12)16-14/h5-9,11H,10H2,1-4H3. The molecule has 0 spiro atoms. The van der Waals surface area contributed by atoms with Crippen molar-refractivity contribution in [2.75, 3.05) is 0 Å². The predicted octanol–water partition coefficient (Wildman–Crippen LogP) is 4.97. The van der Waals surface area contributed by atoms with Gasteiger partial charge in [0.05, 0.1) is 0 Å². The van der Waals surface area contributed by atoms with Crippen molar-refractivity contribution in [2.24, 2.45) is 5.41 Å². The SMILES string of the molecule is CC(CC(C)(C)C)c1cc2ccccc2o1. The Morgan fingerprint density at radius 3 is 2.50 bits per heavy atom. The molecule has 2 aromatic rings. The smallest absolute Gasteiger partial charge is 0.134 e. The van der Waals surface area contributed by atoms with Gasteiger partial charge in [-0.1, -0.05) is 45.9 Å². The first-order chi connectivity index (χ1) is 7.46. The van der Waals surface area contributed by atoms with E-state index in [0.29, 0.717) is 11.3 Å². The molecule has 0 radical (unpaired) electrons. The second kappa shape index (κ2) is 3.97. The van der Waals surface area contributed by atoms with Crippen LogP contribution in [0.2, 0.25) is 0 Å². The largest absolute Gasteiger partial charge is 0.461 e. The van der Waals surface area contributed by atoms with Gasteiger partial charge < -0.3 is 4.42 Å². The van der Waals surface area contributed by atoms with Gasteiger partial charge in [-0.05, 0) is 24.0 Å². The topological polar surface area (TPSA) is 13.1 Å². The van der Waals surface area contributed by atoms with Crippen LogP contribution in [0.15, 0.2) is 34.7 Å². The van der Waals surface area contributed by atoms with E-state index >= 15 is 0 Å². The van der Waals surface area contributed by atoms with Crippen molar-refractivity contribution in [3.8, 4) is 0 Å². The Labute approximate surface area is 97.5 Å². The van der Waals surface area contributed by atoms with Gasteiger partial charge in [-0.2, -0.15) is 0 Å². The van der Waals surface area contributed by atoms with Crippen LogP contribution in [-0.4, -0.2) is 0 Å². The first-order valence-corrected chi connectivity index (χ1v) is 5.94. The first-order valence-electron chi connectivity index (χ1n) is 5.94. The van der Waals surface area contributed by atoms with Gasteiger partial charge in [0.25, 0.3) is 0 Å². The lowest BCUT2D eigenvalue weighted by atomic mass is 9.84. The molecule has 86 valence electrons. The molecule has 16 heavy (non-hydrogen) atoms. The summed E-state index contributed by atoms with van der Waals surface area (Å²) in [6, 6.07) is 10.4. The van der Waals surface area contributed by atoms with Crippen LogP contribution in [0.3, 0.4) is 0 Å². The van der Waals surface area contributed by atoms with Crippen LogP contribution in [0, 0.1) is 5.41 Å². The second-order valence-corrected chi connectivity index (χ2v) is 5.85. The Hall–Kier alpha value is -1.24. The van der Waals surface area contributed by atoms with Crippen molar-refractivity contribution in [3.63, 3.8) is 0 Å². The van der Waals surface area contributed by atoms with Gasteiger partial charge >= 0.3 is 0 Å². The molecule has 1 unspecified atom stereocenters. The molecule has 1 heteroatoms. The number of benzene rings is 1. The Kier molecular flexibility index (Phi) is 2.79. The average molecular weight is 216 g/mol. The Bertz CT molecular complexity index is 440. The fourth-order valence-electron chi connectivity index (χ4n) is 2.26. The summed E-state index contributed by atoms with van der Waals surface area (Å²) in [5.74, 6) is 1.59. The van der Waals surface area contributed by atoms with Gasteiger partial charge in [-0.3, -0.25) is 0 Å². The third-order valence-electron chi connectivity index (χ3n) is 2.85. The number of para-hydroxylation sites is 1. The minimum atomic E-state index is 0.346. The molecule has 1 aromatic carbocycles. The van der Waals surface area contributed by atoms with E-state index in [1.807, 2.05) is 12.1 Å². The predicted molar refractivity (Wildman–Crippen MR) is 68.7 cm³/mol. The van der Waals surface area contributed by atoms with Crippen LogP contribution in [-0.2, 0) is 0 Å². The number of rotatable bonds is 2. The van der Waals surface area contributed by atoms with E-state index in [-0.39, 0.29) is 0 Å². The van der Waals surface area contributed by atoms with Crippen LogP contribution in [0.25, 0.3) is 11.0 Å². The molecule has 0 fully saturated rings. The lowest BCUT2D eigenvalue weighted by Crippen LogP contribution is -2.09. The van der Waals surface area contributed by atoms with Crippen LogP contribution in [0.4, 0.5) is 0 Å². The molecule has 0 aliphatic carbocycles. The van der Waals surface area contributed by atoms with Gasteiger partial charge in [0.15, 0.2) is 0 Å². The maximum atomic E-state index is 5.88. The third kappa shape index (κ3) is 2.46. The molecule has 0 N–H and O–H groups in total. The summed E-state index contributed by atoms with van der Waals surface area (Å²) in [6.07, 6.45) is 1.15. The second-order valence-electron chi connectivity index (χ2n) is 5.85. The third-order valence-corrected chi connectivity index (χ3v) is 2.85. The normalized spacial score (nSPS) is 14.2. The molecule has 0 bridgehead atoms. The number of hydrogen-bond acceptors (Lipinski definition) is 1. The van der Waals surface area contributed by atoms with E-state index in [0.717, 1.165) is 17.8 Å². The van der Waals surface area contributed by atoms with E-state index < -0.39 is 0 Å². The summed E-state index contributed by atoms with van der Waals surface area (Å²) < 4.78 is 5.88. The first kappa shape index (κ1) is 11.3. The van der Waals surface area contributed by atoms with E-state index in [9.17, 15) is 0 Å². The quantitative estimate of drug-likeness (QED) is 0.690. The van der Waals surface area contributed by atoms with Crippen LogP contribution in [0.5, 0.6) is 0 Å². The van der Waals surface area contributed by atoms with E-state index in [1.54, 1.807) is 0 Å². The van der Waals surface area contributed by atoms with E-state index in [4.69, 9.17) is 4.42 Å².